The van der Waals surface area contributed by atoms with Crippen LogP contribution < -0.4 is 10.6 Å². The molecular formula is C18H29IN4O2S. The minimum absolute atomic E-state index is 0. The molecule has 1 heterocycles. The molecule has 2 fully saturated rings. The van der Waals surface area contributed by atoms with Crippen LogP contribution in [0.1, 0.15) is 20.3 Å². The van der Waals surface area contributed by atoms with E-state index in [1.807, 2.05) is 0 Å². The number of halogens is 1. The maximum Gasteiger partial charge on any atom is 0.233 e. The molecule has 2 aliphatic carbocycles. The number of thioether (sulfide) groups is 1. The monoisotopic (exact) mass is 492 g/mol. The van der Waals surface area contributed by atoms with Gasteiger partial charge in [-0.2, -0.15) is 11.8 Å². The van der Waals surface area contributed by atoms with Gasteiger partial charge in [0.25, 0.3) is 0 Å². The Hall–Kier alpha value is -0.770. The Kier molecular flexibility index (Phi) is 7.04. The fourth-order valence-electron chi connectivity index (χ4n) is 4.06. The number of fused-ring (bicyclic) bond motifs is 5. The van der Waals surface area contributed by atoms with Crippen LogP contribution in [0.2, 0.25) is 0 Å². The predicted octanol–water partition coefficient (Wildman–Crippen LogP) is 1.72. The second-order valence-corrected chi connectivity index (χ2v) is 9.16. The summed E-state index contributed by atoms with van der Waals surface area (Å²) < 4.78 is 0.113. The summed E-state index contributed by atoms with van der Waals surface area (Å²) in [6, 6.07) is 0. The number of hydrogen-bond donors (Lipinski definition) is 2. The van der Waals surface area contributed by atoms with Gasteiger partial charge in [-0.25, -0.2) is 0 Å². The third-order valence-electron chi connectivity index (χ3n) is 5.65. The summed E-state index contributed by atoms with van der Waals surface area (Å²) in [6.45, 7) is 6.03. The van der Waals surface area contributed by atoms with E-state index in [0.717, 1.165) is 13.0 Å². The highest BCUT2D eigenvalue weighted by atomic mass is 127. The zero-order chi connectivity index (χ0) is 18.2. The summed E-state index contributed by atoms with van der Waals surface area (Å²) in [4.78, 5) is 30.9. The van der Waals surface area contributed by atoms with E-state index in [9.17, 15) is 9.59 Å². The smallest absolute Gasteiger partial charge is 0.233 e. The molecule has 4 atom stereocenters. The molecule has 146 valence electrons. The first-order chi connectivity index (χ1) is 11.9. The molecule has 6 nitrogen and oxygen atoms in total. The van der Waals surface area contributed by atoms with Crippen molar-refractivity contribution in [3.8, 4) is 0 Å². The Morgan fingerprint density at radius 3 is 2.31 bits per heavy atom. The van der Waals surface area contributed by atoms with Crippen molar-refractivity contribution in [1.29, 1.82) is 0 Å². The second kappa shape index (κ2) is 8.50. The highest BCUT2D eigenvalue weighted by Crippen LogP contribution is 2.52. The van der Waals surface area contributed by atoms with Crippen LogP contribution in [0.25, 0.3) is 0 Å². The van der Waals surface area contributed by atoms with Gasteiger partial charge in [0.2, 0.25) is 11.8 Å². The molecule has 4 unspecified atom stereocenters. The summed E-state index contributed by atoms with van der Waals surface area (Å²) in [6.07, 6.45) is 7.30. The zero-order valence-electron chi connectivity index (χ0n) is 15.8. The molecule has 0 radical (unpaired) electrons. The highest BCUT2D eigenvalue weighted by molar-refractivity contribution is 14.0. The second-order valence-electron chi connectivity index (χ2n) is 7.64. The van der Waals surface area contributed by atoms with Crippen LogP contribution in [0, 0.1) is 23.7 Å². The summed E-state index contributed by atoms with van der Waals surface area (Å²) in [5.74, 6) is 1.05. The average molecular weight is 492 g/mol. The molecule has 26 heavy (non-hydrogen) atoms. The number of allylic oxidation sites excluding steroid dienone is 2. The molecule has 1 saturated heterocycles. The molecular weight excluding hydrogens is 463 g/mol. The Morgan fingerprint density at radius 1 is 1.23 bits per heavy atom. The quantitative estimate of drug-likeness (QED) is 0.194. The average Bonchev–Trinajstić information content (AvgIpc) is 3.27. The fraction of sp³-hybridized carbons (Fsp3) is 0.722. The number of hydrogen-bond acceptors (Lipinski definition) is 4. The number of aliphatic imine (C=N–C) groups is 1. The van der Waals surface area contributed by atoms with E-state index in [1.54, 1.807) is 18.8 Å². The van der Waals surface area contributed by atoms with Gasteiger partial charge in [0, 0.05) is 31.4 Å². The molecule has 2 amide bonds. The van der Waals surface area contributed by atoms with E-state index in [2.05, 4.69) is 47.9 Å². The summed E-state index contributed by atoms with van der Waals surface area (Å²) in [5, 5.41) is 6.50. The van der Waals surface area contributed by atoms with Crippen LogP contribution in [-0.2, 0) is 9.59 Å². The van der Waals surface area contributed by atoms with Gasteiger partial charge < -0.3 is 10.6 Å². The van der Waals surface area contributed by atoms with Crippen molar-refractivity contribution in [1.82, 2.24) is 15.5 Å². The number of rotatable bonds is 6. The summed E-state index contributed by atoms with van der Waals surface area (Å²) in [5.41, 5.74) is 0. The van der Waals surface area contributed by atoms with Crippen molar-refractivity contribution < 1.29 is 9.59 Å². The number of imide groups is 1. The van der Waals surface area contributed by atoms with Gasteiger partial charge in [-0.1, -0.05) is 12.2 Å². The molecule has 2 bridgehead atoms. The van der Waals surface area contributed by atoms with Crippen LogP contribution in [0.5, 0.6) is 0 Å². The molecule has 3 aliphatic rings. The Bertz CT molecular complexity index is 592. The predicted molar refractivity (Wildman–Crippen MR) is 117 cm³/mol. The maximum absolute atomic E-state index is 12.6. The van der Waals surface area contributed by atoms with Crippen LogP contribution in [-0.4, -0.2) is 60.4 Å². The largest absolute Gasteiger partial charge is 0.355 e. The number of likely N-dealkylation sites (tertiary alicyclic amines) is 1. The lowest BCUT2D eigenvalue weighted by molar-refractivity contribution is -0.140. The lowest BCUT2D eigenvalue weighted by Crippen LogP contribution is -2.46. The first-order valence-electron chi connectivity index (χ1n) is 8.91. The van der Waals surface area contributed by atoms with E-state index < -0.39 is 0 Å². The third kappa shape index (κ3) is 4.05. The van der Waals surface area contributed by atoms with E-state index in [0.29, 0.717) is 19.0 Å². The number of amides is 2. The SMILES string of the molecule is CN=C(NCCN1C(=O)C2C3C=CC(C3)C2C1=O)NCC(C)(C)SC.I. The third-order valence-corrected chi connectivity index (χ3v) is 6.90. The van der Waals surface area contributed by atoms with Crippen molar-refractivity contribution in [3.63, 3.8) is 0 Å². The molecule has 8 heteroatoms. The topological polar surface area (TPSA) is 73.8 Å². The molecule has 0 aromatic carbocycles. The van der Waals surface area contributed by atoms with Crippen molar-refractivity contribution in [2.45, 2.75) is 25.0 Å². The highest BCUT2D eigenvalue weighted by Gasteiger charge is 2.58. The molecule has 3 rings (SSSR count). The van der Waals surface area contributed by atoms with E-state index >= 15 is 0 Å². The van der Waals surface area contributed by atoms with Crippen molar-refractivity contribution >= 4 is 53.5 Å². The Balaban J connectivity index is 0.00000243. The van der Waals surface area contributed by atoms with Gasteiger partial charge in [0.1, 0.15) is 0 Å². The number of guanidine groups is 1. The van der Waals surface area contributed by atoms with Crippen LogP contribution >= 0.6 is 35.7 Å². The van der Waals surface area contributed by atoms with Gasteiger partial charge in [0.15, 0.2) is 5.96 Å². The number of nitrogens with one attached hydrogen (secondary N) is 2. The van der Waals surface area contributed by atoms with Crippen LogP contribution in [0.4, 0.5) is 0 Å². The molecule has 1 saturated carbocycles. The first-order valence-corrected chi connectivity index (χ1v) is 10.1. The van der Waals surface area contributed by atoms with E-state index in [4.69, 9.17) is 0 Å². The summed E-state index contributed by atoms with van der Waals surface area (Å²) >= 11 is 1.79. The number of carbonyl (C=O) groups is 2. The molecule has 0 aromatic heterocycles. The van der Waals surface area contributed by atoms with Crippen molar-refractivity contribution in [2.24, 2.45) is 28.7 Å². The molecule has 2 N–H and O–H groups in total. The molecule has 1 aliphatic heterocycles. The van der Waals surface area contributed by atoms with Crippen LogP contribution in [0.15, 0.2) is 17.1 Å². The van der Waals surface area contributed by atoms with Gasteiger partial charge in [-0.15, -0.1) is 24.0 Å². The lowest BCUT2D eigenvalue weighted by atomic mass is 9.85. The minimum atomic E-state index is -0.109. The fourth-order valence-corrected chi connectivity index (χ4v) is 4.28. The van der Waals surface area contributed by atoms with E-state index in [-0.39, 0.29) is 64.2 Å². The first kappa shape index (κ1) is 21.5. The zero-order valence-corrected chi connectivity index (χ0v) is 19.0. The molecule has 0 aromatic rings. The summed E-state index contributed by atoms with van der Waals surface area (Å²) in [7, 11) is 1.72. The Morgan fingerprint density at radius 2 is 1.81 bits per heavy atom. The van der Waals surface area contributed by atoms with Crippen molar-refractivity contribution in [2.75, 3.05) is 32.9 Å². The van der Waals surface area contributed by atoms with Crippen molar-refractivity contribution in [3.05, 3.63) is 12.2 Å². The Labute approximate surface area is 177 Å². The normalized spacial score (nSPS) is 29.8. The molecule has 0 spiro atoms. The number of nitrogens with zero attached hydrogens (tertiary/aromatic N) is 2. The maximum atomic E-state index is 12.6. The van der Waals surface area contributed by atoms with Gasteiger partial charge in [-0.05, 0) is 38.4 Å². The van der Waals surface area contributed by atoms with Crippen LogP contribution in [0.3, 0.4) is 0 Å². The minimum Gasteiger partial charge on any atom is -0.355 e. The van der Waals surface area contributed by atoms with E-state index in [1.165, 1.54) is 4.90 Å². The standard InChI is InChI=1S/C18H28N4O2S.HI/c1-18(2,25-4)10-21-17(19-3)20-7-8-22-15(23)13-11-5-6-12(9-11)14(13)16(22)24;/h5-6,11-14H,7-10H2,1-4H3,(H2,19,20,21);1H. The lowest BCUT2D eigenvalue weighted by Gasteiger charge is -2.24. The van der Waals surface area contributed by atoms with Gasteiger partial charge in [0.05, 0.1) is 11.8 Å². The number of carbonyl (C=O) groups excluding carboxylic acids is 2. The van der Waals surface area contributed by atoms with Gasteiger partial charge >= 0.3 is 0 Å². The van der Waals surface area contributed by atoms with Gasteiger partial charge in [-0.3, -0.25) is 19.5 Å².